The van der Waals surface area contributed by atoms with Crippen LogP contribution in [0.3, 0.4) is 0 Å². The summed E-state index contributed by atoms with van der Waals surface area (Å²) in [5, 5.41) is 8.25. The summed E-state index contributed by atoms with van der Waals surface area (Å²) in [4.78, 5) is 8.25. The molecular weight excluding hydrogens is 143 g/mol. The predicted molar refractivity (Wildman–Crippen MR) is 11.9 cm³/mol. The van der Waals surface area contributed by atoms with Gasteiger partial charge >= 0.3 is 25.2 Å². The van der Waals surface area contributed by atoms with Gasteiger partial charge in [-0.05, 0) is 0 Å². The molecule has 0 aliphatic heterocycles. The molecule has 0 N–H and O–H groups in total. The Morgan fingerprint density at radius 3 is 1.80 bits per heavy atom. The minimum atomic E-state index is -0.500. The number of rotatable bonds is 0. The van der Waals surface area contributed by atoms with E-state index < -0.39 is 6.47 Å². The van der Waals surface area contributed by atoms with Gasteiger partial charge in [-0.1, -0.05) is 0 Å². The Labute approximate surface area is 42.2 Å². The zero-order valence-electron chi connectivity index (χ0n) is 2.07. The van der Waals surface area contributed by atoms with E-state index >= 15 is 0 Å². The van der Waals surface area contributed by atoms with Gasteiger partial charge in [0, 0.05) is 6.47 Å². The van der Waals surface area contributed by atoms with Crippen molar-refractivity contribution in [1.82, 2.24) is 0 Å². The molecule has 0 unspecified atom stereocenters. The summed E-state index contributed by atoms with van der Waals surface area (Å²) in [5.74, 6) is 0. The van der Waals surface area contributed by atoms with E-state index in [1.54, 1.807) is 0 Å². The predicted octanol–water partition coefficient (Wildman–Crippen LogP) is -0.947. The summed E-state index contributed by atoms with van der Waals surface area (Å²) in [6.07, 6.45) is 0. The van der Waals surface area contributed by atoms with Gasteiger partial charge in [0.2, 0.25) is 0 Å². The topological polar surface area (TPSA) is 40.1 Å². The molecule has 0 spiro atoms. The molecule has 4 heteroatoms. The SMILES string of the molecule is O=C[O-].[Cl][Cu+]. The van der Waals surface area contributed by atoms with Gasteiger partial charge in [-0.3, -0.25) is 0 Å². The fourth-order valence-corrected chi connectivity index (χ4v) is 0. The Morgan fingerprint density at radius 2 is 1.80 bits per heavy atom. The van der Waals surface area contributed by atoms with Crippen molar-refractivity contribution in [2.24, 2.45) is 0 Å². The van der Waals surface area contributed by atoms with Gasteiger partial charge in [0.05, 0.1) is 0 Å². The average Bonchev–Trinajstić information content (AvgIpc) is 1.46. The van der Waals surface area contributed by atoms with Crippen molar-refractivity contribution in [3.63, 3.8) is 0 Å². The summed E-state index contributed by atoms with van der Waals surface area (Å²) >= 11 is 3.66. The van der Waals surface area contributed by atoms with Crippen molar-refractivity contribution in [3.8, 4) is 0 Å². The molecule has 35 valence electrons. The molecule has 0 atom stereocenters. The van der Waals surface area contributed by atoms with Gasteiger partial charge in [-0.25, -0.2) is 0 Å². The van der Waals surface area contributed by atoms with E-state index in [-0.39, 0.29) is 0 Å². The molecule has 0 radical (unpaired) electrons. The second kappa shape index (κ2) is 28.1. The zero-order chi connectivity index (χ0) is 4.71. The van der Waals surface area contributed by atoms with Crippen LogP contribution in [0.25, 0.3) is 0 Å². The molecule has 0 aromatic heterocycles. The van der Waals surface area contributed by atoms with E-state index in [1.807, 2.05) is 0 Å². The molecule has 2 nitrogen and oxygen atoms in total. The number of carbonyl (C=O) groups is 1. The van der Waals surface area contributed by atoms with E-state index in [1.165, 1.54) is 0 Å². The Bertz CT molecular complexity index is 17.1. The Hall–Kier alpha value is 0.279. The van der Waals surface area contributed by atoms with Crippen LogP contribution in [0.4, 0.5) is 0 Å². The summed E-state index contributed by atoms with van der Waals surface area (Å²) in [6, 6.07) is 0. The average molecular weight is 144 g/mol. The molecule has 0 bridgehead atoms. The van der Waals surface area contributed by atoms with Crippen molar-refractivity contribution >= 4 is 16.6 Å². The van der Waals surface area contributed by atoms with Crippen molar-refractivity contribution in [3.05, 3.63) is 0 Å². The van der Waals surface area contributed by atoms with Crippen LogP contribution in [0.1, 0.15) is 0 Å². The van der Waals surface area contributed by atoms with Gasteiger partial charge in [0.1, 0.15) is 0 Å². The number of carbonyl (C=O) groups excluding carboxylic acids is 1. The van der Waals surface area contributed by atoms with Crippen LogP contribution in [0.2, 0.25) is 0 Å². The number of hydrogen-bond acceptors (Lipinski definition) is 2. The van der Waals surface area contributed by atoms with Crippen LogP contribution in [-0.2, 0) is 19.9 Å². The number of hydrogen-bond donors (Lipinski definition) is 0. The fraction of sp³-hybridized carbons (Fsp3) is 0. The normalized spacial score (nSPS) is 3.80. The molecule has 0 aromatic carbocycles. The van der Waals surface area contributed by atoms with Gasteiger partial charge in [-0.15, -0.1) is 0 Å². The van der Waals surface area contributed by atoms with Gasteiger partial charge in [0.15, 0.2) is 0 Å². The first-order chi connectivity index (χ1) is 2.41. The molecule has 0 fully saturated rings. The first-order valence-corrected chi connectivity index (χ1v) is 1.88. The fourth-order valence-electron chi connectivity index (χ4n) is 0. The third-order valence-corrected chi connectivity index (χ3v) is 0. The Kier molecular flexibility index (Phi) is 50.6. The quantitative estimate of drug-likeness (QED) is 0.325. The van der Waals surface area contributed by atoms with E-state index in [4.69, 9.17) is 9.90 Å². The minimum absolute atomic E-state index is 0.500. The van der Waals surface area contributed by atoms with Crippen molar-refractivity contribution in [2.75, 3.05) is 0 Å². The molecule has 0 aliphatic rings. The first-order valence-electron chi connectivity index (χ1n) is 0.585. The van der Waals surface area contributed by atoms with E-state index in [9.17, 15) is 0 Å². The monoisotopic (exact) mass is 143 g/mol. The summed E-state index contributed by atoms with van der Waals surface area (Å²) in [7, 11) is 4.20. The Balaban J connectivity index is 0. The second-order valence-electron chi connectivity index (χ2n) is 0.0962. The second-order valence-corrected chi connectivity index (χ2v) is 0.0962. The standard InChI is InChI=1S/CH2O2.ClH.Cu/c2-1-3;;/h1H,(H,2,3);1H;/q;;+2/p-2. The molecule has 0 rings (SSSR count). The van der Waals surface area contributed by atoms with Crippen molar-refractivity contribution < 1.29 is 25.0 Å². The summed E-state index contributed by atoms with van der Waals surface area (Å²) < 4.78 is 0. The number of carboxylic acid groups (broad SMARTS) is 1. The van der Waals surface area contributed by atoms with Crippen molar-refractivity contribution in [2.45, 2.75) is 0 Å². The number of halogens is 1. The zero-order valence-corrected chi connectivity index (χ0v) is 3.77. The Morgan fingerprint density at radius 1 is 1.80 bits per heavy atom. The molecule has 0 aromatic rings. The van der Waals surface area contributed by atoms with Crippen LogP contribution >= 0.6 is 10.1 Å². The van der Waals surface area contributed by atoms with Crippen LogP contribution in [-0.4, -0.2) is 6.47 Å². The van der Waals surface area contributed by atoms with E-state index in [2.05, 4.69) is 25.2 Å². The van der Waals surface area contributed by atoms with Gasteiger partial charge < -0.3 is 9.90 Å². The van der Waals surface area contributed by atoms with Crippen LogP contribution < -0.4 is 5.11 Å². The van der Waals surface area contributed by atoms with Crippen LogP contribution in [0.15, 0.2) is 0 Å². The molecule has 5 heavy (non-hydrogen) atoms. The first kappa shape index (κ1) is 8.99. The molecule has 0 heterocycles. The third kappa shape index (κ3) is 285. The summed E-state index contributed by atoms with van der Waals surface area (Å²) in [5.41, 5.74) is 0. The molecular formula is CHClCuO2. The van der Waals surface area contributed by atoms with Crippen LogP contribution in [0, 0.1) is 0 Å². The molecule has 0 saturated carbocycles. The third-order valence-electron chi connectivity index (χ3n) is 0. The van der Waals surface area contributed by atoms with Crippen LogP contribution in [0.5, 0.6) is 0 Å². The summed E-state index contributed by atoms with van der Waals surface area (Å²) in [6.45, 7) is -0.500. The maximum atomic E-state index is 8.25. The van der Waals surface area contributed by atoms with Gasteiger partial charge in [0.25, 0.3) is 0 Å². The van der Waals surface area contributed by atoms with Crippen molar-refractivity contribution in [1.29, 1.82) is 0 Å². The molecule has 0 aliphatic carbocycles. The van der Waals surface area contributed by atoms with E-state index in [0.717, 1.165) is 0 Å². The molecule has 0 saturated heterocycles. The molecule has 0 amide bonds. The maximum absolute atomic E-state index is 8.25. The van der Waals surface area contributed by atoms with Gasteiger partial charge in [-0.2, -0.15) is 0 Å². The van der Waals surface area contributed by atoms with E-state index in [0.29, 0.717) is 0 Å².